The van der Waals surface area contributed by atoms with E-state index < -0.39 is 0 Å². The van der Waals surface area contributed by atoms with Crippen molar-refractivity contribution in [3.63, 3.8) is 0 Å². The van der Waals surface area contributed by atoms with Gasteiger partial charge in [0.2, 0.25) is 11.7 Å². The number of benzene rings is 1. The molecule has 2 rings (SSSR count). The lowest BCUT2D eigenvalue weighted by Crippen LogP contribution is -2.07. The first-order chi connectivity index (χ1) is 9.29. The van der Waals surface area contributed by atoms with Gasteiger partial charge in [-0.2, -0.15) is 4.98 Å². The number of aromatic nitrogens is 2. The zero-order chi connectivity index (χ0) is 13.5. The van der Waals surface area contributed by atoms with Crippen LogP contribution >= 0.6 is 11.6 Å². The van der Waals surface area contributed by atoms with Crippen molar-refractivity contribution in [3.05, 3.63) is 35.2 Å². The number of aryl methyl sites for hydroxylation is 1. The first-order valence-corrected chi connectivity index (χ1v) is 6.90. The van der Waals surface area contributed by atoms with Gasteiger partial charge in [-0.25, -0.2) is 0 Å². The topological polar surface area (TPSA) is 51.0 Å². The normalized spacial score (nSPS) is 10.8. The van der Waals surface area contributed by atoms with E-state index in [1.54, 1.807) is 0 Å². The summed E-state index contributed by atoms with van der Waals surface area (Å²) in [6.07, 6.45) is 4.25. The number of halogens is 1. The largest absolute Gasteiger partial charge is 0.339 e. The van der Waals surface area contributed by atoms with Gasteiger partial charge in [-0.05, 0) is 50.7 Å². The van der Waals surface area contributed by atoms with E-state index in [0.717, 1.165) is 24.9 Å². The van der Waals surface area contributed by atoms with Gasteiger partial charge in [0.1, 0.15) is 0 Å². The SMILES string of the molecule is CNCCCCCc1nc(-c2ccc(Cl)cc2)no1. The Balaban J connectivity index is 1.86. The Kier molecular flexibility index (Phi) is 5.36. The van der Waals surface area contributed by atoms with Crippen LogP contribution in [0.1, 0.15) is 25.2 Å². The van der Waals surface area contributed by atoms with Gasteiger partial charge in [-0.3, -0.25) is 0 Å². The lowest BCUT2D eigenvalue weighted by molar-refractivity contribution is 0.374. The van der Waals surface area contributed by atoms with Gasteiger partial charge >= 0.3 is 0 Å². The molecule has 0 radical (unpaired) electrons. The molecule has 0 aliphatic carbocycles. The fourth-order valence-electron chi connectivity index (χ4n) is 1.83. The van der Waals surface area contributed by atoms with E-state index >= 15 is 0 Å². The molecule has 0 bridgehead atoms. The predicted molar refractivity (Wildman–Crippen MR) is 76.2 cm³/mol. The van der Waals surface area contributed by atoms with Crippen LogP contribution in [0.3, 0.4) is 0 Å². The van der Waals surface area contributed by atoms with Crippen molar-refractivity contribution in [2.45, 2.75) is 25.7 Å². The van der Waals surface area contributed by atoms with Crippen LogP contribution < -0.4 is 5.32 Å². The van der Waals surface area contributed by atoms with E-state index in [1.165, 1.54) is 12.8 Å². The molecule has 19 heavy (non-hydrogen) atoms. The Morgan fingerprint density at radius 2 is 1.95 bits per heavy atom. The number of nitrogens with one attached hydrogen (secondary N) is 1. The Labute approximate surface area is 118 Å². The van der Waals surface area contributed by atoms with E-state index in [9.17, 15) is 0 Å². The Bertz CT molecular complexity index is 496. The third-order valence-corrected chi connectivity index (χ3v) is 3.14. The first-order valence-electron chi connectivity index (χ1n) is 6.52. The summed E-state index contributed by atoms with van der Waals surface area (Å²) < 4.78 is 5.25. The Morgan fingerprint density at radius 1 is 1.16 bits per heavy atom. The fourth-order valence-corrected chi connectivity index (χ4v) is 1.95. The smallest absolute Gasteiger partial charge is 0.226 e. The minimum Gasteiger partial charge on any atom is -0.339 e. The molecular formula is C14H18ClN3O. The standard InChI is InChI=1S/C14H18ClN3O/c1-16-10-4-2-3-5-13-17-14(18-19-13)11-6-8-12(15)9-7-11/h6-9,16H,2-5,10H2,1H3. The average molecular weight is 280 g/mol. The van der Waals surface area contributed by atoms with Crippen LogP contribution in [-0.2, 0) is 6.42 Å². The Morgan fingerprint density at radius 3 is 2.68 bits per heavy atom. The van der Waals surface area contributed by atoms with Crippen LogP contribution in [0.2, 0.25) is 5.02 Å². The first kappa shape index (κ1) is 14.0. The minimum absolute atomic E-state index is 0.627. The number of hydrogen-bond donors (Lipinski definition) is 1. The average Bonchev–Trinajstić information content (AvgIpc) is 2.88. The monoisotopic (exact) mass is 279 g/mol. The highest BCUT2D eigenvalue weighted by atomic mass is 35.5. The molecule has 5 heteroatoms. The molecule has 0 saturated heterocycles. The highest BCUT2D eigenvalue weighted by Crippen LogP contribution is 2.19. The number of unbranched alkanes of at least 4 members (excludes halogenated alkanes) is 2. The number of nitrogens with zero attached hydrogens (tertiary/aromatic N) is 2. The van der Waals surface area contributed by atoms with Crippen molar-refractivity contribution < 1.29 is 4.52 Å². The van der Waals surface area contributed by atoms with Crippen LogP contribution in [0.25, 0.3) is 11.4 Å². The van der Waals surface area contributed by atoms with Gasteiger partial charge in [-0.1, -0.05) is 23.2 Å². The molecule has 0 fully saturated rings. The maximum Gasteiger partial charge on any atom is 0.226 e. The molecule has 0 spiro atoms. The molecule has 0 aliphatic heterocycles. The van der Waals surface area contributed by atoms with Crippen molar-refractivity contribution in [3.8, 4) is 11.4 Å². The molecule has 1 aromatic heterocycles. The summed E-state index contributed by atoms with van der Waals surface area (Å²) in [6.45, 7) is 1.06. The molecular weight excluding hydrogens is 262 g/mol. The van der Waals surface area contributed by atoms with Crippen LogP contribution in [0.4, 0.5) is 0 Å². The van der Waals surface area contributed by atoms with Crippen LogP contribution in [-0.4, -0.2) is 23.7 Å². The van der Waals surface area contributed by atoms with Crippen molar-refractivity contribution in [1.82, 2.24) is 15.5 Å². The summed E-state index contributed by atoms with van der Waals surface area (Å²) >= 11 is 5.85. The summed E-state index contributed by atoms with van der Waals surface area (Å²) in [4.78, 5) is 4.39. The maximum atomic E-state index is 5.85. The van der Waals surface area contributed by atoms with Crippen LogP contribution in [0, 0.1) is 0 Å². The molecule has 0 amide bonds. The van der Waals surface area contributed by atoms with Gasteiger partial charge in [0.25, 0.3) is 0 Å². The van der Waals surface area contributed by atoms with Crippen molar-refractivity contribution in [2.75, 3.05) is 13.6 Å². The molecule has 0 unspecified atom stereocenters. The summed E-state index contributed by atoms with van der Waals surface area (Å²) in [5, 5.41) is 7.83. The highest BCUT2D eigenvalue weighted by Gasteiger charge is 2.08. The second kappa shape index (κ2) is 7.26. The van der Waals surface area contributed by atoms with E-state index in [-0.39, 0.29) is 0 Å². The number of rotatable bonds is 7. The van der Waals surface area contributed by atoms with E-state index in [2.05, 4.69) is 15.5 Å². The van der Waals surface area contributed by atoms with Crippen molar-refractivity contribution in [2.24, 2.45) is 0 Å². The zero-order valence-electron chi connectivity index (χ0n) is 11.0. The molecule has 0 atom stereocenters. The van der Waals surface area contributed by atoms with Crippen LogP contribution in [0.5, 0.6) is 0 Å². The number of hydrogen-bond acceptors (Lipinski definition) is 4. The predicted octanol–water partition coefficient (Wildman–Crippen LogP) is 3.32. The second-order valence-corrected chi connectivity index (χ2v) is 4.87. The second-order valence-electron chi connectivity index (χ2n) is 4.43. The minimum atomic E-state index is 0.627. The van der Waals surface area contributed by atoms with E-state index in [1.807, 2.05) is 31.3 Å². The molecule has 1 aromatic carbocycles. The lowest BCUT2D eigenvalue weighted by Gasteiger charge is -1.97. The molecule has 0 saturated carbocycles. The molecule has 1 heterocycles. The quantitative estimate of drug-likeness (QED) is 0.790. The van der Waals surface area contributed by atoms with Gasteiger partial charge in [-0.15, -0.1) is 0 Å². The maximum absolute atomic E-state index is 5.85. The summed E-state index contributed by atoms with van der Waals surface area (Å²) in [5.74, 6) is 1.33. The van der Waals surface area contributed by atoms with Crippen molar-refractivity contribution in [1.29, 1.82) is 0 Å². The lowest BCUT2D eigenvalue weighted by atomic mass is 10.2. The van der Waals surface area contributed by atoms with Crippen LogP contribution in [0.15, 0.2) is 28.8 Å². The molecule has 102 valence electrons. The van der Waals surface area contributed by atoms with Gasteiger partial charge in [0, 0.05) is 17.0 Å². The summed E-state index contributed by atoms with van der Waals surface area (Å²) in [5.41, 5.74) is 0.926. The van der Waals surface area contributed by atoms with Gasteiger partial charge < -0.3 is 9.84 Å². The summed E-state index contributed by atoms with van der Waals surface area (Å²) in [7, 11) is 1.97. The molecule has 4 nitrogen and oxygen atoms in total. The third kappa shape index (κ3) is 4.33. The molecule has 2 aromatic rings. The van der Waals surface area contributed by atoms with Gasteiger partial charge in [0.05, 0.1) is 0 Å². The van der Waals surface area contributed by atoms with Crippen molar-refractivity contribution >= 4 is 11.6 Å². The third-order valence-electron chi connectivity index (χ3n) is 2.89. The Hall–Kier alpha value is -1.39. The molecule has 1 N–H and O–H groups in total. The summed E-state index contributed by atoms with van der Waals surface area (Å²) in [6, 6.07) is 7.43. The highest BCUT2D eigenvalue weighted by molar-refractivity contribution is 6.30. The van der Waals surface area contributed by atoms with Gasteiger partial charge in [0.15, 0.2) is 0 Å². The van der Waals surface area contributed by atoms with E-state index in [0.29, 0.717) is 16.7 Å². The van der Waals surface area contributed by atoms with E-state index in [4.69, 9.17) is 16.1 Å². The molecule has 0 aliphatic rings. The zero-order valence-corrected chi connectivity index (χ0v) is 11.8. The fraction of sp³-hybridized carbons (Fsp3) is 0.429.